The molecule has 0 aromatic heterocycles. The van der Waals surface area contributed by atoms with Gasteiger partial charge in [0.2, 0.25) is 0 Å². The summed E-state index contributed by atoms with van der Waals surface area (Å²) in [6, 6.07) is 0. The van der Waals surface area contributed by atoms with Gasteiger partial charge in [-0.25, -0.2) is 0 Å². The Morgan fingerprint density at radius 3 is 2.44 bits per heavy atom. The minimum absolute atomic E-state index is 0.357. The molecule has 1 fully saturated rings. The first-order chi connectivity index (χ1) is 4.16. The van der Waals surface area contributed by atoms with Crippen LogP contribution in [0.25, 0.3) is 0 Å². The molecule has 54 valence electrons. The van der Waals surface area contributed by atoms with Crippen molar-refractivity contribution in [3.8, 4) is 0 Å². The summed E-state index contributed by atoms with van der Waals surface area (Å²) in [4.78, 5) is 0. The molecule has 1 heteroatoms. The average Bonchev–Trinajstić information content (AvgIpc) is 2.48. The van der Waals surface area contributed by atoms with Gasteiger partial charge >= 0.3 is 0 Å². The molecule has 1 N–H and O–H groups in total. The predicted molar refractivity (Wildman–Crippen MR) is 38.2 cm³/mol. The Hall–Kier alpha value is -0.0400. The normalized spacial score (nSPS) is 25.7. The van der Waals surface area contributed by atoms with Gasteiger partial charge in [0.1, 0.15) is 0 Å². The molecule has 9 heavy (non-hydrogen) atoms. The molecule has 1 saturated carbocycles. The largest absolute Gasteiger partial charge is 0.396 e. The molecular formula is C8H16O. The standard InChI is InChI=1S/C8H16O/c1-7(6-9)5-8(2)3-4-8/h7,9H,3-6H2,1-2H3/t7-/m0/s1. The second-order valence-corrected chi connectivity index (χ2v) is 3.80. The maximum absolute atomic E-state index is 8.73. The van der Waals surface area contributed by atoms with Gasteiger partial charge in [0.05, 0.1) is 0 Å². The lowest BCUT2D eigenvalue weighted by Gasteiger charge is -2.12. The Morgan fingerprint density at radius 1 is 1.56 bits per heavy atom. The molecule has 0 saturated heterocycles. The minimum atomic E-state index is 0.357. The summed E-state index contributed by atoms with van der Waals surface area (Å²) < 4.78 is 0. The van der Waals surface area contributed by atoms with E-state index in [9.17, 15) is 0 Å². The zero-order chi connectivity index (χ0) is 6.91. The summed E-state index contributed by atoms with van der Waals surface area (Å²) in [7, 11) is 0. The van der Waals surface area contributed by atoms with Gasteiger partial charge in [-0.05, 0) is 30.6 Å². The Labute approximate surface area is 57.1 Å². The first kappa shape index (κ1) is 7.07. The van der Waals surface area contributed by atoms with Crippen molar-refractivity contribution in [2.45, 2.75) is 33.1 Å². The summed E-state index contributed by atoms with van der Waals surface area (Å²) in [5.74, 6) is 0.512. The molecular weight excluding hydrogens is 112 g/mol. The third-order valence-corrected chi connectivity index (χ3v) is 2.26. The van der Waals surface area contributed by atoms with Crippen LogP contribution in [0.2, 0.25) is 0 Å². The zero-order valence-electron chi connectivity index (χ0n) is 6.35. The van der Waals surface area contributed by atoms with Crippen LogP contribution in [-0.4, -0.2) is 11.7 Å². The van der Waals surface area contributed by atoms with Gasteiger partial charge in [-0.3, -0.25) is 0 Å². The van der Waals surface area contributed by atoms with E-state index in [1.165, 1.54) is 19.3 Å². The molecule has 0 heterocycles. The first-order valence-electron chi connectivity index (χ1n) is 3.77. The molecule has 1 nitrogen and oxygen atoms in total. The zero-order valence-corrected chi connectivity index (χ0v) is 6.35. The Balaban J connectivity index is 2.17. The van der Waals surface area contributed by atoms with E-state index < -0.39 is 0 Å². The van der Waals surface area contributed by atoms with Crippen LogP contribution in [0.5, 0.6) is 0 Å². The van der Waals surface area contributed by atoms with Crippen molar-refractivity contribution in [2.75, 3.05) is 6.61 Å². The van der Waals surface area contributed by atoms with Crippen molar-refractivity contribution in [1.29, 1.82) is 0 Å². The third kappa shape index (κ3) is 1.98. The Bertz CT molecular complexity index is 94.7. The van der Waals surface area contributed by atoms with Gasteiger partial charge in [-0.2, -0.15) is 0 Å². The number of rotatable bonds is 3. The van der Waals surface area contributed by atoms with Crippen molar-refractivity contribution >= 4 is 0 Å². The fourth-order valence-electron chi connectivity index (χ4n) is 1.32. The lowest BCUT2D eigenvalue weighted by molar-refractivity contribution is 0.211. The second kappa shape index (κ2) is 2.30. The van der Waals surface area contributed by atoms with Crippen molar-refractivity contribution in [1.82, 2.24) is 0 Å². The molecule has 0 bridgehead atoms. The van der Waals surface area contributed by atoms with Gasteiger partial charge in [0, 0.05) is 6.61 Å². The highest BCUT2D eigenvalue weighted by atomic mass is 16.3. The van der Waals surface area contributed by atoms with E-state index in [-0.39, 0.29) is 0 Å². The Kier molecular flexibility index (Phi) is 1.80. The van der Waals surface area contributed by atoms with Gasteiger partial charge in [-0.15, -0.1) is 0 Å². The molecule has 0 amide bonds. The number of aliphatic hydroxyl groups excluding tert-OH is 1. The number of aliphatic hydroxyl groups is 1. The molecule has 1 rings (SSSR count). The van der Waals surface area contributed by atoms with E-state index in [1.54, 1.807) is 0 Å². The van der Waals surface area contributed by atoms with Crippen molar-refractivity contribution < 1.29 is 5.11 Å². The van der Waals surface area contributed by atoms with E-state index in [4.69, 9.17) is 5.11 Å². The quantitative estimate of drug-likeness (QED) is 0.614. The van der Waals surface area contributed by atoms with Crippen molar-refractivity contribution in [3.05, 3.63) is 0 Å². The summed E-state index contributed by atoms with van der Waals surface area (Å²) in [6.45, 7) is 4.78. The molecule has 1 aliphatic rings. The molecule has 1 aliphatic carbocycles. The maximum Gasteiger partial charge on any atom is 0.0456 e. The highest BCUT2D eigenvalue weighted by molar-refractivity contribution is 4.89. The van der Waals surface area contributed by atoms with Crippen LogP contribution in [0, 0.1) is 11.3 Å². The van der Waals surface area contributed by atoms with Crippen LogP contribution in [0.4, 0.5) is 0 Å². The van der Waals surface area contributed by atoms with E-state index in [0.717, 1.165) is 0 Å². The van der Waals surface area contributed by atoms with Gasteiger partial charge in [0.15, 0.2) is 0 Å². The Morgan fingerprint density at radius 2 is 2.11 bits per heavy atom. The highest BCUT2D eigenvalue weighted by Gasteiger charge is 2.37. The predicted octanol–water partition coefficient (Wildman–Crippen LogP) is 1.80. The SMILES string of the molecule is C[C@H](CO)CC1(C)CC1. The molecule has 0 spiro atoms. The fourth-order valence-corrected chi connectivity index (χ4v) is 1.32. The molecule has 0 aromatic carbocycles. The minimum Gasteiger partial charge on any atom is -0.396 e. The van der Waals surface area contributed by atoms with E-state index >= 15 is 0 Å². The first-order valence-corrected chi connectivity index (χ1v) is 3.77. The fraction of sp³-hybridized carbons (Fsp3) is 1.00. The van der Waals surface area contributed by atoms with E-state index in [1.807, 2.05) is 0 Å². The molecule has 0 radical (unpaired) electrons. The highest BCUT2D eigenvalue weighted by Crippen LogP contribution is 2.49. The molecule has 0 aromatic rings. The maximum atomic E-state index is 8.73. The number of hydrogen-bond donors (Lipinski definition) is 1. The smallest absolute Gasteiger partial charge is 0.0456 e. The van der Waals surface area contributed by atoms with Crippen LogP contribution >= 0.6 is 0 Å². The summed E-state index contributed by atoms with van der Waals surface area (Å²) in [5, 5.41) is 8.73. The topological polar surface area (TPSA) is 20.2 Å². The summed E-state index contributed by atoms with van der Waals surface area (Å²) in [6.07, 6.45) is 3.96. The number of hydrogen-bond acceptors (Lipinski definition) is 1. The van der Waals surface area contributed by atoms with E-state index in [2.05, 4.69) is 13.8 Å². The van der Waals surface area contributed by atoms with Crippen LogP contribution in [-0.2, 0) is 0 Å². The van der Waals surface area contributed by atoms with Gasteiger partial charge in [0.25, 0.3) is 0 Å². The second-order valence-electron chi connectivity index (χ2n) is 3.80. The monoisotopic (exact) mass is 128 g/mol. The van der Waals surface area contributed by atoms with E-state index in [0.29, 0.717) is 17.9 Å². The van der Waals surface area contributed by atoms with Crippen LogP contribution in [0.3, 0.4) is 0 Å². The average molecular weight is 128 g/mol. The van der Waals surface area contributed by atoms with Crippen LogP contribution < -0.4 is 0 Å². The molecule has 0 unspecified atom stereocenters. The van der Waals surface area contributed by atoms with Crippen LogP contribution in [0.15, 0.2) is 0 Å². The lowest BCUT2D eigenvalue weighted by Crippen LogP contribution is -2.06. The van der Waals surface area contributed by atoms with Crippen LogP contribution in [0.1, 0.15) is 33.1 Å². The lowest BCUT2D eigenvalue weighted by atomic mass is 9.96. The van der Waals surface area contributed by atoms with Gasteiger partial charge in [-0.1, -0.05) is 13.8 Å². The molecule has 1 atom stereocenters. The van der Waals surface area contributed by atoms with Crippen molar-refractivity contribution in [2.24, 2.45) is 11.3 Å². The van der Waals surface area contributed by atoms with Gasteiger partial charge < -0.3 is 5.11 Å². The third-order valence-electron chi connectivity index (χ3n) is 2.26. The summed E-state index contributed by atoms with van der Waals surface area (Å²) >= 11 is 0. The summed E-state index contributed by atoms with van der Waals surface area (Å²) in [5.41, 5.74) is 0.613. The molecule has 0 aliphatic heterocycles. The van der Waals surface area contributed by atoms with Crippen molar-refractivity contribution in [3.63, 3.8) is 0 Å².